The lowest BCUT2D eigenvalue weighted by atomic mass is 10.2. The van der Waals surface area contributed by atoms with E-state index in [4.69, 9.17) is 9.47 Å². The zero-order valence-electron chi connectivity index (χ0n) is 14.4. The Bertz CT molecular complexity index is 790. The molecule has 0 spiro atoms. The summed E-state index contributed by atoms with van der Waals surface area (Å²) < 4.78 is 10.3. The molecule has 0 radical (unpaired) electrons. The number of rotatable bonds is 5. The Morgan fingerprint density at radius 3 is 2.31 bits per heavy atom. The topological polar surface area (TPSA) is 106 Å². The zero-order valence-corrected chi connectivity index (χ0v) is 14.4. The number of hydrogen-bond acceptors (Lipinski definition) is 5. The van der Waals surface area contributed by atoms with Crippen LogP contribution in [0.1, 0.15) is 5.56 Å². The average Bonchev–Trinajstić information content (AvgIpc) is 2.66. The van der Waals surface area contributed by atoms with E-state index in [1.54, 1.807) is 48.5 Å². The van der Waals surface area contributed by atoms with E-state index >= 15 is 0 Å². The van der Waals surface area contributed by atoms with Gasteiger partial charge in [0, 0.05) is 11.8 Å². The van der Waals surface area contributed by atoms with Crippen LogP contribution in [0.3, 0.4) is 0 Å². The van der Waals surface area contributed by atoms with Crippen molar-refractivity contribution in [2.75, 3.05) is 19.0 Å². The van der Waals surface area contributed by atoms with Crippen molar-refractivity contribution in [1.82, 2.24) is 10.9 Å². The van der Waals surface area contributed by atoms with Gasteiger partial charge in [0.05, 0.1) is 7.11 Å². The first-order chi connectivity index (χ1) is 12.5. The van der Waals surface area contributed by atoms with Crippen LogP contribution < -0.4 is 25.6 Å². The maximum absolute atomic E-state index is 11.7. The summed E-state index contributed by atoms with van der Waals surface area (Å²) in [4.78, 5) is 35.1. The molecule has 0 saturated carbocycles. The van der Waals surface area contributed by atoms with Crippen LogP contribution in [0.5, 0.6) is 11.5 Å². The van der Waals surface area contributed by atoms with Gasteiger partial charge >= 0.3 is 11.8 Å². The van der Waals surface area contributed by atoms with E-state index in [1.165, 1.54) is 7.11 Å². The molecule has 0 bridgehead atoms. The second-order valence-electron chi connectivity index (χ2n) is 5.29. The summed E-state index contributed by atoms with van der Waals surface area (Å²) in [7, 11) is 1.52. The van der Waals surface area contributed by atoms with Crippen molar-refractivity contribution in [1.29, 1.82) is 0 Å². The minimum Gasteiger partial charge on any atom is -0.497 e. The average molecular weight is 357 g/mol. The predicted octanol–water partition coefficient (Wildman–Crippen LogP) is 1.17. The third-order valence-corrected chi connectivity index (χ3v) is 3.24. The molecule has 26 heavy (non-hydrogen) atoms. The van der Waals surface area contributed by atoms with Gasteiger partial charge in [0.15, 0.2) is 6.61 Å². The molecule has 0 heterocycles. The normalized spacial score (nSPS) is 9.77. The molecule has 3 N–H and O–H groups in total. The van der Waals surface area contributed by atoms with Crippen LogP contribution in [-0.4, -0.2) is 31.4 Å². The molecule has 0 atom stereocenters. The Kier molecular flexibility index (Phi) is 6.55. The van der Waals surface area contributed by atoms with Crippen LogP contribution in [0.4, 0.5) is 5.69 Å². The summed E-state index contributed by atoms with van der Waals surface area (Å²) in [5, 5.41) is 2.42. The first kappa shape index (κ1) is 18.8. The Balaban J connectivity index is 1.74. The highest BCUT2D eigenvalue weighted by atomic mass is 16.5. The van der Waals surface area contributed by atoms with Gasteiger partial charge in [-0.15, -0.1) is 0 Å². The molecule has 0 fully saturated rings. The van der Waals surface area contributed by atoms with Gasteiger partial charge < -0.3 is 14.8 Å². The monoisotopic (exact) mass is 357 g/mol. The molecular formula is C18H19N3O5. The largest absolute Gasteiger partial charge is 0.497 e. The molecule has 0 unspecified atom stereocenters. The molecule has 0 aliphatic carbocycles. The maximum Gasteiger partial charge on any atom is 0.328 e. The lowest BCUT2D eigenvalue weighted by Crippen LogP contribution is -2.48. The predicted molar refractivity (Wildman–Crippen MR) is 94.6 cm³/mol. The molecular weight excluding hydrogens is 338 g/mol. The number of nitrogens with one attached hydrogen (secondary N) is 3. The van der Waals surface area contributed by atoms with E-state index < -0.39 is 17.7 Å². The van der Waals surface area contributed by atoms with E-state index in [0.717, 1.165) is 5.56 Å². The van der Waals surface area contributed by atoms with Gasteiger partial charge in [-0.25, -0.2) is 0 Å². The Labute approximate surface area is 150 Å². The number of methoxy groups -OCH3 is 1. The van der Waals surface area contributed by atoms with Crippen molar-refractivity contribution in [3.05, 3.63) is 54.1 Å². The van der Waals surface area contributed by atoms with Crippen LogP contribution in [0, 0.1) is 6.92 Å². The van der Waals surface area contributed by atoms with Crippen LogP contribution in [0.25, 0.3) is 0 Å². The Hall–Kier alpha value is -3.55. The molecule has 2 aromatic rings. The van der Waals surface area contributed by atoms with Gasteiger partial charge in [-0.2, -0.15) is 0 Å². The first-order valence-electron chi connectivity index (χ1n) is 7.71. The SMILES string of the molecule is COc1cccc(OCC(=O)NNC(=O)C(=O)Nc2ccc(C)cc2)c1. The Morgan fingerprint density at radius 1 is 0.923 bits per heavy atom. The van der Waals surface area contributed by atoms with Crippen LogP contribution >= 0.6 is 0 Å². The van der Waals surface area contributed by atoms with Crippen LogP contribution in [0.2, 0.25) is 0 Å². The smallest absolute Gasteiger partial charge is 0.328 e. The molecule has 136 valence electrons. The van der Waals surface area contributed by atoms with E-state index in [0.29, 0.717) is 17.2 Å². The fourth-order valence-electron chi connectivity index (χ4n) is 1.88. The Morgan fingerprint density at radius 2 is 1.62 bits per heavy atom. The molecule has 0 aliphatic rings. The van der Waals surface area contributed by atoms with Gasteiger partial charge in [0.2, 0.25) is 0 Å². The second-order valence-corrected chi connectivity index (χ2v) is 5.29. The molecule has 8 nitrogen and oxygen atoms in total. The third-order valence-electron chi connectivity index (χ3n) is 3.24. The van der Waals surface area contributed by atoms with Crippen molar-refractivity contribution in [2.45, 2.75) is 6.92 Å². The van der Waals surface area contributed by atoms with Crippen molar-refractivity contribution in [3.63, 3.8) is 0 Å². The summed E-state index contributed by atoms with van der Waals surface area (Å²) in [6.07, 6.45) is 0. The number of aryl methyl sites for hydroxylation is 1. The highest BCUT2D eigenvalue weighted by molar-refractivity contribution is 6.39. The van der Waals surface area contributed by atoms with E-state index in [2.05, 4.69) is 10.7 Å². The summed E-state index contributed by atoms with van der Waals surface area (Å²) in [5.41, 5.74) is 5.62. The van der Waals surface area contributed by atoms with Crippen molar-refractivity contribution in [2.24, 2.45) is 0 Å². The molecule has 0 aromatic heterocycles. The van der Waals surface area contributed by atoms with Crippen LogP contribution in [0.15, 0.2) is 48.5 Å². The molecule has 0 saturated heterocycles. The fraction of sp³-hybridized carbons (Fsp3) is 0.167. The quantitative estimate of drug-likeness (QED) is 0.550. The van der Waals surface area contributed by atoms with Gasteiger partial charge in [-0.3, -0.25) is 25.2 Å². The van der Waals surface area contributed by atoms with E-state index in [-0.39, 0.29) is 6.61 Å². The number of hydrazine groups is 1. The summed E-state index contributed by atoms with van der Waals surface area (Å²) >= 11 is 0. The van der Waals surface area contributed by atoms with E-state index in [1.807, 2.05) is 12.3 Å². The molecule has 8 heteroatoms. The lowest BCUT2D eigenvalue weighted by molar-refractivity contribution is -0.138. The molecule has 2 rings (SSSR count). The highest BCUT2D eigenvalue weighted by Gasteiger charge is 2.14. The number of carbonyl (C=O) groups excluding carboxylic acids is 3. The van der Waals surface area contributed by atoms with Crippen molar-refractivity contribution in [3.8, 4) is 11.5 Å². The summed E-state index contributed by atoms with van der Waals surface area (Å²) in [6, 6.07) is 13.6. The molecule has 0 aliphatic heterocycles. The van der Waals surface area contributed by atoms with Gasteiger partial charge in [-0.05, 0) is 31.2 Å². The van der Waals surface area contributed by atoms with Gasteiger partial charge in [0.25, 0.3) is 5.91 Å². The van der Waals surface area contributed by atoms with E-state index in [9.17, 15) is 14.4 Å². The number of amides is 3. The zero-order chi connectivity index (χ0) is 18.9. The molecule has 2 aromatic carbocycles. The number of ether oxygens (including phenoxy) is 2. The minimum atomic E-state index is -1.000. The second kappa shape index (κ2) is 9.07. The highest BCUT2D eigenvalue weighted by Crippen LogP contribution is 2.18. The summed E-state index contributed by atoms with van der Waals surface area (Å²) in [6.45, 7) is 1.56. The number of carbonyl (C=O) groups is 3. The lowest BCUT2D eigenvalue weighted by Gasteiger charge is -2.10. The maximum atomic E-state index is 11.7. The van der Waals surface area contributed by atoms with Crippen molar-refractivity contribution < 1.29 is 23.9 Å². The summed E-state index contributed by atoms with van der Waals surface area (Å²) in [5.74, 6) is -1.50. The van der Waals surface area contributed by atoms with Crippen LogP contribution in [-0.2, 0) is 14.4 Å². The van der Waals surface area contributed by atoms with Crippen molar-refractivity contribution >= 4 is 23.4 Å². The van der Waals surface area contributed by atoms with Gasteiger partial charge in [0.1, 0.15) is 11.5 Å². The standard InChI is InChI=1S/C18H19N3O5/c1-12-6-8-13(9-7-12)19-17(23)18(24)21-20-16(22)11-26-15-5-3-4-14(10-15)25-2/h3-10H,11H2,1-2H3,(H,19,23)(H,20,22)(H,21,24). The van der Waals surface area contributed by atoms with Gasteiger partial charge in [-0.1, -0.05) is 23.8 Å². The first-order valence-corrected chi connectivity index (χ1v) is 7.71. The fourth-order valence-corrected chi connectivity index (χ4v) is 1.88. The number of anilines is 1. The number of hydrogen-bond donors (Lipinski definition) is 3. The number of benzene rings is 2. The third kappa shape index (κ3) is 5.82. The minimum absolute atomic E-state index is 0.340. The molecule has 3 amide bonds.